The summed E-state index contributed by atoms with van der Waals surface area (Å²) in [7, 11) is 0. The van der Waals surface area contributed by atoms with Crippen LogP contribution in [0.15, 0.2) is 30.3 Å². The topological polar surface area (TPSA) is 29.1 Å². The Morgan fingerprint density at radius 1 is 1.37 bits per heavy atom. The van der Waals surface area contributed by atoms with Crippen molar-refractivity contribution in [1.82, 2.24) is 5.32 Å². The van der Waals surface area contributed by atoms with Gasteiger partial charge in [-0.1, -0.05) is 44.2 Å². The summed E-state index contributed by atoms with van der Waals surface area (Å²) >= 11 is 1.93. The first-order chi connectivity index (χ1) is 9.09. The van der Waals surface area contributed by atoms with E-state index >= 15 is 0 Å². The van der Waals surface area contributed by atoms with Gasteiger partial charge in [0.1, 0.15) is 0 Å². The van der Waals surface area contributed by atoms with Crippen molar-refractivity contribution in [3.8, 4) is 0 Å². The molecule has 0 radical (unpaired) electrons. The van der Waals surface area contributed by atoms with E-state index in [0.717, 1.165) is 30.9 Å². The molecule has 1 aromatic rings. The normalized spacial score (nSPS) is 20.0. The van der Waals surface area contributed by atoms with Crippen molar-refractivity contribution in [3.05, 3.63) is 35.9 Å². The van der Waals surface area contributed by atoms with E-state index in [2.05, 4.69) is 43.4 Å². The lowest BCUT2D eigenvalue weighted by atomic mass is 10.1. The first kappa shape index (κ1) is 14.4. The third-order valence-electron chi connectivity index (χ3n) is 3.71. The first-order valence-corrected chi connectivity index (χ1v) is 8.14. The average molecular weight is 277 g/mol. The van der Waals surface area contributed by atoms with Crippen LogP contribution in [0.3, 0.4) is 0 Å². The average Bonchev–Trinajstić information content (AvgIpc) is 3.04. The zero-order valence-corrected chi connectivity index (χ0v) is 12.6. The second kappa shape index (κ2) is 6.47. The molecule has 0 aliphatic heterocycles. The van der Waals surface area contributed by atoms with Crippen molar-refractivity contribution in [2.45, 2.75) is 32.4 Å². The quantitative estimate of drug-likeness (QED) is 0.773. The largest absolute Gasteiger partial charge is 0.356 e. The summed E-state index contributed by atoms with van der Waals surface area (Å²) in [6, 6.07) is 10.5. The number of nitrogens with one attached hydrogen (secondary N) is 1. The summed E-state index contributed by atoms with van der Waals surface area (Å²) < 4.78 is 0. The molecule has 1 atom stereocenters. The number of thioether (sulfide) groups is 1. The maximum Gasteiger partial charge on any atom is 0.223 e. The monoisotopic (exact) mass is 277 g/mol. The maximum absolute atomic E-state index is 11.8. The predicted octanol–water partition coefficient (Wildman–Crippen LogP) is 3.47. The minimum absolute atomic E-state index is 0.242. The number of benzene rings is 1. The van der Waals surface area contributed by atoms with Gasteiger partial charge < -0.3 is 5.32 Å². The first-order valence-electron chi connectivity index (χ1n) is 6.99. The van der Waals surface area contributed by atoms with Crippen molar-refractivity contribution >= 4 is 17.7 Å². The molecule has 3 heteroatoms. The highest BCUT2D eigenvalue weighted by molar-refractivity contribution is 7.98. The molecule has 0 heterocycles. The molecule has 1 N–H and O–H groups in total. The van der Waals surface area contributed by atoms with Gasteiger partial charge in [0.2, 0.25) is 5.91 Å². The second-order valence-electron chi connectivity index (χ2n) is 5.93. The highest BCUT2D eigenvalue weighted by atomic mass is 32.2. The molecule has 1 aliphatic rings. The molecule has 0 spiro atoms. The lowest BCUT2D eigenvalue weighted by Gasteiger charge is -2.06. The second-order valence-corrected chi connectivity index (χ2v) is 7.03. The third kappa shape index (κ3) is 4.57. The molecule has 0 unspecified atom stereocenters. The molecule has 1 aromatic carbocycles. The molecular weight excluding hydrogens is 254 g/mol. The molecule has 1 saturated carbocycles. The van der Waals surface area contributed by atoms with Crippen molar-refractivity contribution in [1.29, 1.82) is 0 Å². The van der Waals surface area contributed by atoms with Crippen LogP contribution in [0.25, 0.3) is 0 Å². The van der Waals surface area contributed by atoms with Gasteiger partial charge in [-0.3, -0.25) is 4.79 Å². The Bertz CT molecular complexity index is 416. The van der Waals surface area contributed by atoms with Crippen LogP contribution in [0.2, 0.25) is 0 Å². The Balaban J connectivity index is 1.50. The lowest BCUT2D eigenvalue weighted by Crippen LogP contribution is -2.27. The zero-order chi connectivity index (χ0) is 13.7. The van der Waals surface area contributed by atoms with Gasteiger partial charge in [0.05, 0.1) is 0 Å². The van der Waals surface area contributed by atoms with Crippen LogP contribution in [0, 0.1) is 11.3 Å². The van der Waals surface area contributed by atoms with Crippen LogP contribution < -0.4 is 5.32 Å². The van der Waals surface area contributed by atoms with Gasteiger partial charge in [0.15, 0.2) is 0 Å². The van der Waals surface area contributed by atoms with E-state index < -0.39 is 0 Å². The standard InChI is InChI=1S/C16H23NOS/c1-16(2)11-14(16)15(18)17-9-6-10-19-12-13-7-4-3-5-8-13/h3-5,7-8,14H,6,9-12H2,1-2H3,(H,17,18)/t14-/m1/s1. The number of hydrogen-bond donors (Lipinski definition) is 1. The highest BCUT2D eigenvalue weighted by Gasteiger charge is 2.50. The van der Waals surface area contributed by atoms with E-state index in [1.807, 2.05) is 17.8 Å². The fourth-order valence-electron chi connectivity index (χ4n) is 2.19. The molecule has 0 bridgehead atoms. The fraction of sp³-hybridized carbons (Fsp3) is 0.562. The Morgan fingerprint density at radius 3 is 2.68 bits per heavy atom. The molecule has 2 nitrogen and oxygen atoms in total. The summed E-state index contributed by atoms with van der Waals surface area (Å²) in [6.45, 7) is 5.13. The predicted molar refractivity (Wildman–Crippen MR) is 82.1 cm³/mol. The summed E-state index contributed by atoms with van der Waals surface area (Å²) in [5, 5.41) is 3.05. The van der Waals surface area contributed by atoms with Crippen molar-refractivity contribution in [3.63, 3.8) is 0 Å². The van der Waals surface area contributed by atoms with Gasteiger partial charge in [0, 0.05) is 18.2 Å². The minimum atomic E-state index is 0.242. The Labute approximate surface area is 120 Å². The van der Waals surface area contributed by atoms with Crippen molar-refractivity contribution in [2.24, 2.45) is 11.3 Å². The molecule has 104 valence electrons. The SMILES string of the molecule is CC1(C)C[C@@H]1C(=O)NCCCSCc1ccccc1. The van der Waals surface area contributed by atoms with E-state index in [0.29, 0.717) is 0 Å². The third-order valence-corrected chi connectivity index (χ3v) is 4.82. The molecule has 1 fully saturated rings. The maximum atomic E-state index is 11.8. The summed E-state index contributed by atoms with van der Waals surface area (Å²) in [4.78, 5) is 11.8. The zero-order valence-electron chi connectivity index (χ0n) is 11.8. The van der Waals surface area contributed by atoms with Crippen molar-refractivity contribution < 1.29 is 4.79 Å². The number of hydrogen-bond acceptors (Lipinski definition) is 2. The number of carbonyl (C=O) groups excluding carboxylic acids is 1. The Hall–Kier alpha value is -0.960. The van der Waals surface area contributed by atoms with Crippen LogP contribution in [0.5, 0.6) is 0 Å². The van der Waals surface area contributed by atoms with Crippen LogP contribution in [0.4, 0.5) is 0 Å². The van der Waals surface area contributed by atoms with Gasteiger partial charge in [-0.05, 0) is 29.6 Å². The number of rotatable bonds is 7. The van der Waals surface area contributed by atoms with Gasteiger partial charge in [-0.25, -0.2) is 0 Å². The van der Waals surface area contributed by atoms with E-state index in [4.69, 9.17) is 0 Å². The minimum Gasteiger partial charge on any atom is -0.356 e. The van der Waals surface area contributed by atoms with E-state index in [1.165, 1.54) is 5.56 Å². The fourth-order valence-corrected chi connectivity index (χ4v) is 3.11. The Kier molecular flexibility index (Phi) is 4.92. The van der Waals surface area contributed by atoms with Gasteiger partial charge in [0.25, 0.3) is 0 Å². The van der Waals surface area contributed by atoms with Crippen molar-refractivity contribution in [2.75, 3.05) is 12.3 Å². The number of amides is 1. The van der Waals surface area contributed by atoms with E-state index in [1.54, 1.807) is 0 Å². The Morgan fingerprint density at radius 2 is 2.05 bits per heavy atom. The van der Waals surface area contributed by atoms with Crippen LogP contribution in [0.1, 0.15) is 32.3 Å². The molecule has 1 amide bonds. The van der Waals surface area contributed by atoms with E-state index in [-0.39, 0.29) is 17.2 Å². The van der Waals surface area contributed by atoms with E-state index in [9.17, 15) is 4.79 Å². The summed E-state index contributed by atoms with van der Waals surface area (Å²) in [5.41, 5.74) is 1.61. The molecule has 19 heavy (non-hydrogen) atoms. The van der Waals surface area contributed by atoms with Crippen LogP contribution in [-0.2, 0) is 10.5 Å². The van der Waals surface area contributed by atoms with Crippen LogP contribution >= 0.6 is 11.8 Å². The van der Waals surface area contributed by atoms with Gasteiger partial charge >= 0.3 is 0 Å². The molecule has 0 aromatic heterocycles. The molecular formula is C16H23NOS. The number of carbonyl (C=O) groups is 1. The lowest BCUT2D eigenvalue weighted by molar-refractivity contribution is -0.122. The summed E-state index contributed by atoms with van der Waals surface area (Å²) in [5.74, 6) is 2.66. The summed E-state index contributed by atoms with van der Waals surface area (Å²) in [6.07, 6.45) is 2.10. The molecule has 2 rings (SSSR count). The highest BCUT2D eigenvalue weighted by Crippen LogP contribution is 2.51. The van der Waals surface area contributed by atoms with Gasteiger partial charge in [-0.15, -0.1) is 0 Å². The molecule has 1 aliphatic carbocycles. The molecule has 0 saturated heterocycles. The van der Waals surface area contributed by atoms with Gasteiger partial charge in [-0.2, -0.15) is 11.8 Å². The van der Waals surface area contributed by atoms with Crippen LogP contribution in [-0.4, -0.2) is 18.2 Å². The smallest absolute Gasteiger partial charge is 0.223 e.